The maximum absolute atomic E-state index is 5.99. The maximum Gasteiger partial charge on any atom is 0.0595 e. The fourth-order valence-corrected chi connectivity index (χ4v) is 2.12. The molecule has 0 aliphatic carbocycles. The van der Waals surface area contributed by atoms with Gasteiger partial charge in [-0.15, -0.1) is 0 Å². The van der Waals surface area contributed by atoms with Crippen LogP contribution in [0, 0.1) is 0 Å². The van der Waals surface area contributed by atoms with Crippen LogP contribution in [0.2, 0.25) is 10.0 Å². The molecule has 2 rings (SSSR count). The van der Waals surface area contributed by atoms with Crippen LogP contribution in [0.15, 0.2) is 30.6 Å². The second-order valence-electron chi connectivity index (χ2n) is 4.12. The van der Waals surface area contributed by atoms with Crippen LogP contribution in [-0.2, 0) is 13.5 Å². The Hall–Kier alpha value is -1.07. The molecule has 2 aromatic rings. The van der Waals surface area contributed by atoms with Crippen molar-refractivity contribution in [1.82, 2.24) is 15.2 Å². The first-order valence-electron chi connectivity index (χ1n) is 5.48. The van der Waals surface area contributed by atoms with Crippen molar-refractivity contribution >= 4 is 23.2 Å². The number of hydrogen-bond acceptors (Lipinski definition) is 3. The van der Waals surface area contributed by atoms with Crippen molar-refractivity contribution in [2.75, 3.05) is 0 Å². The highest BCUT2D eigenvalue weighted by Gasteiger charge is 2.13. The molecule has 0 bridgehead atoms. The summed E-state index contributed by atoms with van der Waals surface area (Å²) >= 11 is 11.9. The number of hydrazine groups is 1. The Morgan fingerprint density at radius 3 is 2.72 bits per heavy atom. The summed E-state index contributed by atoms with van der Waals surface area (Å²) in [5.41, 5.74) is 4.88. The molecular weight excluding hydrogens is 271 g/mol. The van der Waals surface area contributed by atoms with Gasteiger partial charge in [-0.3, -0.25) is 16.0 Å². The van der Waals surface area contributed by atoms with Gasteiger partial charge in [0.1, 0.15) is 0 Å². The minimum Gasteiger partial charge on any atom is -0.275 e. The predicted molar refractivity (Wildman–Crippen MR) is 73.4 cm³/mol. The molecule has 0 spiro atoms. The van der Waals surface area contributed by atoms with Gasteiger partial charge >= 0.3 is 0 Å². The number of rotatable bonds is 4. The van der Waals surface area contributed by atoms with E-state index in [9.17, 15) is 0 Å². The van der Waals surface area contributed by atoms with E-state index >= 15 is 0 Å². The number of nitrogens with two attached hydrogens (primary N) is 1. The third-order valence-electron chi connectivity index (χ3n) is 2.75. The monoisotopic (exact) mass is 284 g/mol. The lowest BCUT2D eigenvalue weighted by molar-refractivity contribution is 0.551. The van der Waals surface area contributed by atoms with E-state index in [2.05, 4.69) is 10.5 Å². The molecule has 1 heterocycles. The van der Waals surface area contributed by atoms with Gasteiger partial charge in [-0.2, -0.15) is 5.10 Å². The summed E-state index contributed by atoms with van der Waals surface area (Å²) in [6.45, 7) is 0. The summed E-state index contributed by atoms with van der Waals surface area (Å²) in [7, 11) is 1.87. The van der Waals surface area contributed by atoms with Gasteiger partial charge in [-0.25, -0.2) is 0 Å². The Morgan fingerprint density at radius 2 is 2.17 bits per heavy atom. The molecular formula is C12H14Cl2N4. The van der Waals surface area contributed by atoms with E-state index < -0.39 is 0 Å². The summed E-state index contributed by atoms with van der Waals surface area (Å²) in [4.78, 5) is 0. The van der Waals surface area contributed by atoms with E-state index in [0.717, 1.165) is 17.5 Å². The Morgan fingerprint density at radius 1 is 1.39 bits per heavy atom. The summed E-state index contributed by atoms with van der Waals surface area (Å²) in [5.74, 6) is 5.58. The Balaban J connectivity index is 2.17. The molecule has 4 nitrogen and oxygen atoms in total. The SMILES string of the molecule is Cn1cc(C(Cc2ccc(Cl)c(Cl)c2)NN)cn1. The van der Waals surface area contributed by atoms with Gasteiger partial charge in [-0.1, -0.05) is 29.3 Å². The predicted octanol–water partition coefficient (Wildman–Crippen LogP) is 2.47. The number of benzene rings is 1. The molecule has 1 aromatic heterocycles. The van der Waals surface area contributed by atoms with Crippen molar-refractivity contribution < 1.29 is 0 Å². The van der Waals surface area contributed by atoms with Crippen molar-refractivity contribution in [2.24, 2.45) is 12.9 Å². The molecule has 1 aromatic carbocycles. The molecule has 0 aliphatic heterocycles. The van der Waals surface area contributed by atoms with Gasteiger partial charge in [0.05, 0.1) is 22.3 Å². The van der Waals surface area contributed by atoms with Crippen LogP contribution in [-0.4, -0.2) is 9.78 Å². The van der Waals surface area contributed by atoms with Crippen LogP contribution in [0.1, 0.15) is 17.2 Å². The van der Waals surface area contributed by atoms with Crippen molar-refractivity contribution in [2.45, 2.75) is 12.5 Å². The number of nitrogens with one attached hydrogen (secondary N) is 1. The molecule has 0 saturated heterocycles. The highest BCUT2D eigenvalue weighted by Crippen LogP contribution is 2.25. The van der Waals surface area contributed by atoms with E-state index in [0.29, 0.717) is 10.0 Å². The second kappa shape index (κ2) is 5.71. The largest absolute Gasteiger partial charge is 0.275 e. The third-order valence-corrected chi connectivity index (χ3v) is 3.49. The van der Waals surface area contributed by atoms with E-state index in [-0.39, 0.29) is 6.04 Å². The number of hydrogen-bond donors (Lipinski definition) is 2. The molecule has 1 atom stereocenters. The highest BCUT2D eigenvalue weighted by atomic mass is 35.5. The third kappa shape index (κ3) is 3.03. The normalized spacial score (nSPS) is 12.7. The molecule has 0 fully saturated rings. The molecule has 0 amide bonds. The fourth-order valence-electron chi connectivity index (χ4n) is 1.80. The Kier molecular flexibility index (Phi) is 4.24. The zero-order valence-corrected chi connectivity index (χ0v) is 11.4. The zero-order chi connectivity index (χ0) is 13.1. The van der Waals surface area contributed by atoms with E-state index in [4.69, 9.17) is 29.0 Å². The van der Waals surface area contributed by atoms with E-state index in [1.165, 1.54) is 0 Å². The summed E-state index contributed by atoms with van der Waals surface area (Å²) in [6.07, 6.45) is 4.45. The lowest BCUT2D eigenvalue weighted by atomic mass is 10.0. The van der Waals surface area contributed by atoms with E-state index in [1.54, 1.807) is 16.9 Å². The average Bonchev–Trinajstić information content (AvgIpc) is 2.77. The maximum atomic E-state index is 5.99. The summed E-state index contributed by atoms with van der Waals surface area (Å²) < 4.78 is 1.74. The molecule has 0 saturated carbocycles. The van der Waals surface area contributed by atoms with Crippen LogP contribution in [0.5, 0.6) is 0 Å². The minimum atomic E-state index is -0.00376. The molecule has 1 unspecified atom stereocenters. The van der Waals surface area contributed by atoms with Crippen molar-refractivity contribution in [1.29, 1.82) is 0 Å². The quantitative estimate of drug-likeness (QED) is 0.670. The molecule has 6 heteroatoms. The second-order valence-corrected chi connectivity index (χ2v) is 4.93. The van der Waals surface area contributed by atoms with Crippen LogP contribution >= 0.6 is 23.2 Å². The van der Waals surface area contributed by atoms with Gasteiger partial charge in [0, 0.05) is 18.8 Å². The minimum absolute atomic E-state index is 0.00376. The van der Waals surface area contributed by atoms with Crippen molar-refractivity contribution in [3.63, 3.8) is 0 Å². The highest BCUT2D eigenvalue weighted by molar-refractivity contribution is 6.42. The van der Waals surface area contributed by atoms with Gasteiger partial charge < -0.3 is 0 Å². The summed E-state index contributed by atoms with van der Waals surface area (Å²) in [6, 6.07) is 5.58. The Bertz CT molecular complexity index is 539. The van der Waals surface area contributed by atoms with Crippen LogP contribution in [0.4, 0.5) is 0 Å². The summed E-state index contributed by atoms with van der Waals surface area (Å²) in [5, 5.41) is 5.24. The van der Waals surface area contributed by atoms with Crippen molar-refractivity contribution in [3.05, 3.63) is 51.8 Å². The number of halogens is 2. The van der Waals surface area contributed by atoms with Gasteiger partial charge in [0.25, 0.3) is 0 Å². The standard InChI is InChI=1S/C12H14Cl2N4/c1-18-7-9(6-16-18)12(17-15)5-8-2-3-10(13)11(14)4-8/h2-4,6-7,12,17H,5,15H2,1H3. The first kappa shape index (κ1) is 13.4. The molecule has 0 radical (unpaired) electrons. The van der Waals surface area contributed by atoms with Crippen LogP contribution in [0.25, 0.3) is 0 Å². The topological polar surface area (TPSA) is 55.9 Å². The smallest absolute Gasteiger partial charge is 0.0595 e. The lowest BCUT2D eigenvalue weighted by Crippen LogP contribution is -2.29. The Labute approximate surface area is 116 Å². The lowest BCUT2D eigenvalue weighted by Gasteiger charge is -2.14. The molecule has 96 valence electrons. The first-order valence-corrected chi connectivity index (χ1v) is 6.24. The first-order chi connectivity index (χ1) is 8.60. The van der Waals surface area contributed by atoms with E-state index in [1.807, 2.05) is 25.4 Å². The number of aromatic nitrogens is 2. The zero-order valence-electron chi connectivity index (χ0n) is 9.90. The van der Waals surface area contributed by atoms with Gasteiger partial charge in [0.15, 0.2) is 0 Å². The van der Waals surface area contributed by atoms with Gasteiger partial charge in [-0.05, 0) is 24.1 Å². The van der Waals surface area contributed by atoms with Crippen LogP contribution in [0.3, 0.4) is 0 Å². The van der Waals surface area contributed by atoms with Crippen LogP contribution < -0.4 is 11.3 Å². The molecule has 18 heavy (non-hydrogen) atoms. The molecule has 0 aliphatic rings. The number of aryl methyl sites for hydroxylation is 1. The van der Waals surface area contributed by atoms with Crippen molar-refractivity contribution in [3.8, 4) is 0 Å². The molecule has 3 N–H and O–H groups in total. The average molecular weight is 285 g/mol. The number of nitrogens with zero attached hydrogens (tertiary/aromatic N) is 2. The van der Waals surface area contributed by atoms with Gasteiger partial charge in [0.2, 0.25) is 0 Å². The fraction of sp³-hybridized carbons (Fsp3) is 0.250.